The number of anilines is 1. The summed E-state index contributed by atoms with van der Waals surface area (Å²) in [5, 5.41) is 2.89. The highest BCUT2D eigenvalue weighted by molar-refractivity contribution is 6.04. The van der Waals surface area contributed by atoms with E-state index in [1.54, 1.807) is 48.5 Å². The molecular weight excluding hydrogens is 380 g/mol. The molecule has 30 heavy (non-hydrogen) atoms. The second-order valence-corrected chi connectivity index (χ2v) is 7.03. The SMILES string of the molecule is CC(C)OCc1cccc(NC(=O)c2ccc(Oc3ccc(C(N)=O)cc3)cc2)c1. The molecule has 0 aromatic heterocycles. The van der Waals surface area contributed by atoms with Crippen LogP contribution in [-0.2, 0) is 11.3 Å². The lowest BCUT2D eigenvalue weighted by molar-refractivity contribution is 0.0657. The highest BCUT2D eigenvalue weighted by atomic mass is 16.5. The second kappa shape index (κ2) is 9.71. The molecule has 0 atom stereocenters. The van der Waals surface area contributed by atoms with E-state index in [0.29, 0.717) is 34.9 Å². The van der Waals surface area contributed by atoms with Gasteiger partial charge in [0.1, 0.15) is 11.5 Å². The molecule has 2 amide bonds. The zero-order valence-corrected chi connectivity index (χ0v) is 16.9. The third kappa shape index (κ3) is 5.93. The Morgan fingerprint density at radius 1 is 0.900 bits per heavy atom. The Kier molecular flexibility index (Phi) is 6.83. The largest absolute Gasteiger partial charge is 0.457 e. The van der Waals surface area contributed by atoms with Crippen LogP contribution >= 0.6 is 0 Å². The topological polar surface area (TPSA) is 90.7 Å². The first-order chi connectivity index (χ1) is 14.4. The molecule has 6 heteroatoms. The monoisotopic (exact) mass is 404 g/mol. The van der Waals surface area contributed by atoms with Gasteiger partial charge in [-0.1, -0.05) is 12.1 Å². The van der Waals surface area contributed by atoms with Crippen LogP contribution in [0.5, 0.6) is 11.5 Å². The van der Waals surface area contributed by atoms with E-state index in [2.05, 4.69) is 5.32 Å². The number of nitrogens with one attached hydrogen (secondary N) is 1. The van der Waals surface area contributed by atoms with Gasteiger partial charge in [0.05, 0.1) is 12.7 Å². The van der Waals surface area contributed by atoms with Gasteiger partial charge in [-0.3, -0.25) is 9.59 Å². The van der Waals surface area contributed by atoms with Gasteiger partial charge in [0, 0.05) is 16.8 Å². The first kappa shape index (κ1) is 21.1. The van der Waals surface area contributed by atoms with E-state index in [1.165, 1.54) is 0 Å². The normalized spacial score (nSPS) is 10.6. The van der Waals surface area contributed by atoms with Gasteiger partial charge in [-0.25, -0.2) is 0 Å². The van der Waals surface area contributed by atoms with E-state index in [4.69, 9.17) is 15.2 Å². The highest BCUT2D eigenvalue weighted by Gasteiger charge is 2.08. The van der Waals surface area contributed by atoms with Crippen LogP contribution in [0.3, 0.4) is 0 Å². The lowest BCUT2D eigenvalue weighted by atomic mass is 10.1. The fraction of sp³-hybridized carbons (Fsp3) is 0.167. The van der Waals surface area contributed by atoms with Crippen molar-refractivity contribution >= 4 is 17.5 Å². The van der Waals surface area contributed by atoms with Gasteiger partial charge in [0.2, 0.25) is 5.91 Å². The van der Waals surface area contributed by atoms with Gasteiger partial charge in [-0.05, 0) is 80.1 Å². The molecule has 0 saturated heterocycles. The zero-order chi connectivity index (χ0) is 21.5. The summed E-state index contributed by atoms with van der Waals surface area (Å²) in [7, 11) is 0. The molecule has 0 radical (unpaired) electrons. The van der Waals surface area contributed by atoms with E-state index in [-0.39, 0.29) is 12.0 Å². The Bertz CT molecular complexity index is 1010. The average Bonchev–Trinajstić information content (AvgIpc) is 2.73. The standard InChI is InChI=1S/C24H24N2O4/c1-16(2)29-15-17-4-3-5-20(14-17)26-24(28)19-8-12-22(13-9-19)30-21-10-6-18(7-11-21)23(25)27/h3-14,16H,15H2,1-2H3,(H2,25,27)(H,26,28). The molecule has 0 fully saturated rings. The maximum atomic E-state index is 12.5. The summed E-state index contributed by atoms with van der Waals surface area (Å²) >= 11 is 0. The van der Waals surface area contributed by atoms with Gasteiger partial charge in [-0.15, -0.1) is 0 Å². The van der Waals surface area contributed by atoms with Crippen molar-refractivity contribution in [3.8, 4) is 11.5 Å². The minimum Gasteiger partial charge on any atom is -0.457 e. The molecular formula is C24H24N2O4. The Labute approximate surface area is 175 Å². The van der Waals surface area contributed by atoms with Gasteiger partial charge in [0.15, 0.2) is 0 Å². The van der Waals surface area contributed by atoms with Crippen LogP contribution in [-0.4, -0.2) is 17.9 Å². The van der Waals surface area contributed by atoms with Crippen molar-refractivity contribution < 1.29 is 19.1 Å². The number of ether oxygens (including phenoxy) is 2. The van der Waals surface area contributed by atoms with Gasteiger partial charge >= 0.3 is 0 Å². The molecule has 3 rings (SSSR count). The minimum absolute atomic E-state index is 0.144. The Morgan fingerprint density at radius 2 is 1.50 bits per heavy atom. The predicted molar refractivity (Wildman–Crippen MR) is 116 cm³/mol. The van der Waals surface area contributed by atoms with E-state index in [9.17, 15) is 9.59 Å². The summed E-state index contributed by atoms with van der Waals surface area (Å²) < 4.78 is 11.3. The maximum absolute atomic E-state index is 12.5. The van der Waals surface area contributed by atoms with Gasteiger partial charge < -0.3 is 20.5 Å². The minimum atomic E-state index is -0.491. The van der Waals surface area contributed by atoms with Crippen molar-refractivity contribution in [3.05, 3.63) is 89.5 Å². The first-order valence-corrected chi connectivity index (χ1v) is 9.60. The van der Waals surface area contributed by atoms with Crippen molar-refractivity contribution in [2.24, 2.45) is 5.73 Å². The number of benzene rings is 3. The fourth-order valence-electron chi connectivity index (χ4n) is 2.70. The van der Waals surface area contributed by atoms with Crippen LogP contribution in [0.15, 0.2) is 72.8 Å². The van der Waals surface area contributed by atoms with Crippen molar-refractivity contribution in [2.45, 2.75) is 26.6 Å². The van der Waals surface area contributed by atoms with Crippen LogP contribution in [0.1, 0.15) is 40.1 Å². The van der Waals surface area contributed by atoms with Crippen molar-refractivity contribution in [1.82, 2.24) is 0 Å². The molecule has 3 aromatic carbocycles. The summed E-state index contributed by atoms with van der Waals surface area (Å²) in [5.41, 5.74) is 7.85. The molecule has 0 heterocycles. The number of hydrogen-bond donors (Lipinski definition) is 2. The molecule has 3 aromatic rings. The van der Waals surface area contributed by atoms with Crippen molar-refractivity contribution in [1.29, 1.82) is 0 Å². The summed E-state index contributed by atoms with van der Waals surface area (Å²) in [5.74, 6) is 0.438. The Morgan fingerprint density at radius 3 is 2.07 bits per heavy atom. The van der Waals surface area contributed by atoms with E-state index < -0.39 is 5.91 Å². The van der Waals surface area contributed by atoms with E-state index >= 15 is 0 Å². The lowest BCUT2D eigenvalue weighted by Gasteiger charge is -2.10. The number of carbonyl (C=O) groups is 2. The first-order valence-electron chi connectivity index (χ1n) is 9.60. The number of rotatable bonds is 8. The molecule has 0 aliphatic heterocycles. The molecule has 0 aliphatic rings. The average molecular weight is 404 g/mol. The summed E-state index contributed by atoms with van der Waals surface area (Å²) in [6.45, 7) is 4.46. The Hall–Kier alpha value is -3.64. The zero-order valence-electron chi connectivity index (χ0n) is 16.9. The van der Waals surface area contributed by atoms with Crippen LogP contribution in [0.4, 0.5) is 5.69 Å². The molecule has 0 bridgehead atoms. The smallest absolute Gasteiger partial charge is 0.255 e. The quantitative estimate of drug-likeness (QED) is 0.567. The lowest BCUT2D eigenvalue weighted by Crippen LogP contribution is -2.12. The van der Waals surface area contributed by atoms with Crippen LogP contribution in [0, 0.1) is 0 Å². The van der Waals surface area contributed by atoms with E-state index in [1.807, 2.05) is 38.1 Å². The van der Waals surface area contributed by atoms with Crippen molar-refractivity contribution in [2.75, 3.05) is 5.32 Å². The number of nitrogens with two attached hydrogens (primary N) is 1. The van der Waals surface area contributed by atoms with Crippen LogP contribution in [0.25, 0.3) is 0 Å². The van der Waals surface area contributed by atoms with Gasteiger partial charge in [0.25, 0.3) is 5.91 Å². The molecule has 0 unspecified atom stereocenters. The maximum Gasteiger partial charge on any atom is 0.255 e. The third-order valence-corrected chi connectivity index (χ3v) is 4.26. The van der Waals surface area contributed by atoms with Crippen LogP contribution in [0.2, 0.25) is 0 Å². The second-order valence-electron chi connectivity index (χ2n) is 7.03. The highest BCUT2D eigenvalue weighted by Crippen LogP contribution is 2.22. The Balaban J connectivity index is 1.61. The summed E-state index contributed by atoms with van der Waals surface area (Å²) in [6.07, 6.45) is 0.144. The molecule has 3 N–H and O–H groups in total. The number of hydrogen-bond acceptors (Lipinski definition) is 4. The van der Waals surface area contributed by atoms with Gasteiger partial charge in [-0.2, -0.15) is 0 Å². The van der Waals surface area contributed by atoms with Crippen LogP contribution < -0.4 is 15.8 Å². The molecule has 6 nitrogen and oxygen atoms in total. The number of carbonyl (C=O) groups excluding carboxylic acids is 2. The summed E-state index contributed by atoms with van der Waals surface area (Å²) in [6, 6.07) is 20.9. The fourth-order valence-corrected chi connectivity index (χ4v) is 2.70. The molecule has 0 aliphatic carbocycles. The van der Waals surface area contributed by atoms with E-state index in [0.717, 1.165) is 5.56 Å². The number of primary amides is 1. The molecule has 0 spiro atoms. The predicted octanol–water partition coefficient (Wildman–Crippen LogP) is 4.76. The molecule has 154 valence electrons. The summed E-state index contributed by atoms with van der Waals surface area (Å²) in [4.78, 5) is 23.7. The van der Waals surface area contributed by atoms with Crippen molar-refractivity contribution in [3.63, 3.8) is 0 Å². The molecule has 0 saturated carbocycles. The third-order valence-electron chi connectivity index (χ3n) is 4.26. The number of amides is 2.